The van der Waals surface area contributed by atoms with Crippen molar-refractivity contribution >= 4 is 5.97 Å². The molecule has 0 bridgehead atoms. The number of rotatable bonds is 3. The van der Waals surface area contributed by atoms with E-state index in [2.05, 4.69) is 20.8 Å². The third-order valence-electron chi connectivity index (χ3n) is 2.14. The molecule has 1 unspecified atom stereocenters. The molecule has 0 saturated carbocycles. The van der Waals surface area contributed by atoms with Crippen LogP contribution in [0.15, 0.2) is 0 Å². The molecule has 90 valence electrons. The van der Waals surface area contributed by atoms with Crippen molar-refractivity contribution in [2.75, 3.05) is 0 Å². The Labute approximate surface area is 94.4 Å². The number of carbonyl (C=O) groups excluding carboxylic acids is 1. The van der Waals surface area contributed by atoms with Crippen molar-refractivity contribution in [1.29, 1.82) is 0 Å². The topological polar surface area (TPSA) is 26.3 Å². The number of hydrogen-bond acceptors (Lipinski definition) is 2. The van der Waals surface area contributed by atoms with Crippen LogP contribution in [0.5, 0.6) is 0 Å². The molecule has 0 rings (SSSR count). The highest BCUT2D eigenvalue weighted by molar-refractivity contribution is 5.72. The van der Waals surface area contributed by atoms with Gasteiger partial charge in [-0.05, 0) is 39.0 Å². The summed E-state index contributed by atoms with van der Waals surface area (Å²) in [6.45, 7) is 14.2. The number of ether oxygens (including phenoxy) is 1. The van der Waals surface area contributed by atoms with Crippen LogP contribution < -0.4 is 0 Å². The second-order valence-electron chi connectivity index (χ2n) is 6.53. The average molecular weight is 214 g/mol. The van der Waals surface area contributed by atoms with Crippen LogP contribution in [0, 0.1) is 11.3 Å². The van der Waals surface area contributed by atoms with E-state index < -0.39 is 0 Å². The molecule has 2 heteroatoms. The van der Waals surface area contributed by atoms with Crippen molar-refractivity contribution in [3.8, 4) is 0 Å². The van der Waals surface area contributed by atoms with Crippen molar-refractivity contribution in [2.45, 2.75) is 66.9 Å². The number of carbonyl (C=O) groups is 1. The van der Waals surface area contributed by atoms with Crippen LogP contribution in [0.1, 0.15) is 61.3 Å². The lowest BCUT2D eigenvalue weighted by Gasteiger charge is -2.24. The lowest BCUT2D eigenvalue weighted by Crippen LogP contribution is -2.28. The molecule has 0 aliphatic heterocycles. The van der Waals surface area contributed by atoms with Gasteiger partial charge in [0.05, 0.1) is 5.92 Å². The van der Waals surface area contributed by atoms with Crippen LogP contribution in [-0.4, -0.2) is 11.6 Å². The minimum Gasteiger partial charge on any atom is -0.460 e. The maximum Gasteiger partial charge on any atom is 0.309 e. The second kappa shape index (κ2) is 5.00. The summed E-state index contributed by atoms with van der Waals surface area (Å²) in [5.74, 6) is -0.0739. The fourth-order valence-corrected chi connectivity index (χ4v) is 1.17. The molecule has 2 nitrogen and oxygen atoms in total. The predicted octanol–water partition coefficient (Wildman–Crippen LogP) is 3.79. The molecule has 0 aliphatic carbocycles. The van der Waals surface area contributed by atoms with Crippen LogP contribution >= 0.6 is 0 Å². The molecule has 0 saturated heterocycles. The summed E-state index contributed by atoms with van der Waals surface area (Å²) in [6, 6.07) is 0. The second-order valence-corrected chi connectivity index (χ2v) is 6.53. The van der Waals surface area contributed by atoms with E-state index in [1.54, 1.807) is 0 Å². The van der Waals surface area contributed by atoms with Gasteiger partial charge in [-0.1, -0.05) is 27.7 Å². The quantitative estimate of drug-likeness (QED) is 0.668. The SMILES string of the molecule is CC(CCC(C)(C)C)C(=O)OC(C)(C)C. The molecular weight excluding hydrogens is 188 g/mol. The van der Waals surface area contributed by atoms with Gasteiger partial charge in [-0.25, -0.2) is 0 Å². The Kier molecular flexibility index (Phi) is 4.82. The minimum atomic E-state index is -0.368. The van der Waals surface area contributed by atoms with Crippen molar-refractivity contribution in [3.63, 3.8) is 0 Å². The van der Waals surface area contributed by atoms with E-state index in [1.165, 1.54) is 0 Å². The van der Waals surface area contributed by atoms with E-state index >= 15 is 0 Å². The van der Waals surface area contributed by atoms with Gasteiger partial charge in [-0.3, -0.25) is 4.79 Å². The van der Waals surface area contributed by atoms with Gasteiger partial charge in [0, 0.05) is 0 Å². The van der Waals surface area contributed by atoms with Gasteiger partial charge in [0.15, 0.2) is 0 Å². The van der Waals surface area contributed by atoms with Gasteiger partial charge in [0.25, 0.3) is 0 Å². The maximum atomic E-state index is 11.7. The van der Waals surface area contributed by atoms with Gasteiger partial charge < -0.3 is 4.74 Å². The first-order chi connectivity index (χ1) is 6.51. The van der Waals surface area contributed by atoms with Gasteiger partial charge in [0.1, 0.15) is 5.60 Å². The summed E-state index contributed by atoms with van der Waals surface area (Å²) >= 11 is 0. The Morgan fingerprint density at radius 2 is 1.60 bits per heavy atom. The highest BCUT2D eigenvalue weighted by atomic mass is 16.6. The summed E-state index contributed by atoms with van der Waals surface area (Å²) < 4.78 is 5.33. The van der Waals surface area contributed by atoms with Crippen molar-refractivity contribution in [1.82, 2.24) is 0 Å². The number of hydrogen-bond donors (Lipinski definition) is 0. The fraction of sp³-hybridized carbons (Fsp3) is 0.923. The normalized spacial score (nSPS) is 14.9. The zero-order valence-electron chi connectivity index (χ0n) is 11.3. The lowest BCUT2D eigenvalue weighted by molar-refractivity contribution is -0.159. The third kappa shape index (κ3) is 8.46. The predicted molar refractivity (Wildman–Crippen MR) is 63.7 cm³/mol. The van der Waals surface area contributed by atoms with Gasteiger partial charge in [-0.15, -0.1) is 0 Å². The summed E-state index contributed by atoms with van der Waals surface area (Å²) in [5.41, 5.74) is -0.0800. The Morgan fingerprint density at radius 1 is 1.13 bits per heavy atom. The van der Waals surface area contributed by atoms with E-state index in [1.807, 2.05) is 27.7 Å². The van der Waals surface area contributed by atoms with Crippen molar-refractivity contribution in [3.05, 3.63) is 0 Å². The average Bonchev–Trinajstić information content (AvgIpc) is 1.95. The highest BCUT2D eigenvalue weighted by Gasteiger charge is 2.23. The molecule has 0 aromatic carbocycles. The Hall–Kier alpha value is -0.530. The molecule has 0 aliphatic rings. The smallest absolute Gasteiger partial charge is 0.309 e. The molecule has 0 aromatic heterocycles. The van der Waals surface area contributed by atoms with Gasteiger partial charge in [0.2, 0.25) is 0 Å². The Balaban J connectivity index is 4.01. The fourth-order valence-electron chi connectivity index (χ4n) is 1.17. The molecule has 0 N–H and O–H groups in total. The molecule has 0 aromatic rings. The molecular formula is C13H26O2. The molecule has 0 amide bonds. The van der Waals surface area contributed by atoms with Crippen LogP contribution in [0.2, 0.25) is 0 Å². The van der Waals surface area contributed by atoms with E-state index in [0.29, 0.717) is 0 Å². The highest BCUT2D eigenvalue weighted by Crippen LogP contribution is 2.24. The molecule has 0 heterocycles. The minimum absolute atomic E-state index is 0.00319. The summed E-state index contributed by atoms with van der Waals surface area (Å²) in [5, 5.41) is 0. The molecule has 0 spiro atoms. The first-order valence-electron chi connectivity index (χ1n) is 5.74. The summed E-state index contributed by atoms with van der Waals surface area (Å²) in [7, 11) is 0. The number of esters is 1. The van der Waals surface area contributed by atoms with Crippen LogP contribution in [0.25, 0.3) is 0 Å². The Morgan fingerprint density at radius 3 is 1.93 bits per heavy atom. The first kappa shape index (κ1) is 14.5. The molecule has 0 fully saturated rings. The van der Waals surface area contributed by atoms with Crippen LogP contribution in [0.3, 0.4) is 0 Å². The summed E-state index contributed by atoms with van der Waals surface area (Å²) in [6.07, 6.45) is 1.95. The van der Waals surface area contributed by atoms with Gasteiger partial charge >= 0.3 is 5.97 Å². The van der Waals surface area contributed by atoms with Crippen molar-refractivity contribution in [2.24, 2.45) is 11.3 Å². The molecule has 0 radical (unpaired) electrons. The van der Waals surface area contributed by atoms with Crippen LogP contribution in [0.4, 0.5) is 0 Å². The lowest BCUT2D eigenvalue weighted by atomic mass is 9.87. The third-order valence-corrected chi connectivity index (χ3v) is 2.14. The van der Waals surface area contributed by atoms with E-state index in [9.17, 15) is 4.79 Å². The first-order valence-corrected chi connectivity index (χ1v) is 5.74. The Bertz CT molecular complexity index is 206. The van der Waals surface area contributed by atoms with Crippen molar-refractivity contribution < 1.29 is 9.53 Å². The maximum absolute atomic E-state index is 11.7. The van der Waals surface area contributed by atoms with E-state index in [-0.39, 0.29) is 22.9 Å². The monoisotopic (exact) mass is 214 g/mol. The largest absolute Gasteiger partial charge is 0.460 e. The summed E-state index contributed by atoms with van der Waals surface area (Å²) in [4.78, 5) is 11.7. The zero-order valence-corrected chi connectivity index (χ0v) is 11.3. The zero-order chi connectivity index (χ0) is 12.3. The van der Waals surface area contributed by atoms with E-state index in [4.69, 9.17) is 4.74 Å². The standard InChI is InChI=1S/C13H26O2/c1-10(8-9-12(2,3)4)11(14)15-13(5,6)7/h10H,8-9H2,1-7H3. The van der Waals surface area contributed by atoms with E-state index in [0.717, 1.165) is 12.8 Å². The van der Waals surface area contributed by atoms with Crippen LogP contribution in [-0.2, 0) is 9.53 Å². The molecule has 1 atom stereocenters. The molecule has 15 heavy (non-hydrogen) atoms. The van der Waals surface area contributed by atoms with Gasteiger partial charge in [-0.2, -0.15) is 0 Å².